The Kier molecular flexibility index (Phi) is 5.31. The average Bonchev–Trinajstić information content (AvgIpc) is 2.53. The van der Waals surface area contributed by atoms with Crippen LogP contribution in [0.2, 0.25) is 0 Å². The van der Waals surface area contributed by atoms with Crippen molar-refractivity contribution in [1.82, 2.24) is 4.90 Å². The molecule has 1 aliphatic heterocycles. The van der Waals surface area contributed by atoms with Gasteiger partial charge in [-0.15, -0.1) is 0 Å². The lowest BCUT2D eigenvalue weighted by Gasteiger charge is -2.42. The second-order valence-corrected chi connectivity index (χ2v) is 6.32. The molecule has 0 aliphatic carbocycles. The van der Waals surface area contributed by atoms with E-state index < -0.39 is 5.54 Å². The van der Waals surface area contributed by atoms with Gasteiger partial charge < -0.3 is 14.7 Å². The van der Waals surface area contributed by atoms with Gasteiger partial charge in [-0.1, -0.05) is 30.3 Å². The van der Waals surface area contributed by atoms with E-state index in [1.165, 1.54) is 0 Å². The van der Waals surface area contributed by atoms with E-state index in [-0.39, 0.29) is 19.3 Å². The van der Waals surface area contributed by atoms with E-state index >= 15 is 0 Å². The highest BCUT2D eigenvalue weighted by atomic mass is 32.2. The zero-order chi connectivity index (χ0) is 14.4. The lowest BCUT2D eigenvalue weighted by molar-refractivity contribution is 0.0236. The minimum atomic E-state index is -0.459. The minimum absolute atomic E-state index is 0.00943. The maximum absolute atomic E-state index is 12.2. The molecule has 110 valence electrons. The quantitative estimate of drug-likeness (QED) is 0.927. The molecule has 2 rings (SSSR count). The highest BCUT2D eigenvalue weighted by molar-refractivity contribution is 7.99. The monoisotopic (exact) mass is 295 g/mol. The van der Waals surface area contributed by atoms with Crippen LogP contribution in [0, 0.1) is 0 Å². The predicted octanol–water partition coefficient (Wildman–Crippen LogP) is 2.51. The maximum Gasteiger partial charge on any atom is 0.410 e. The first-order valence-corrected chi connectivity index (χ1v) is 7.96. The Bertz CT molecular complexity index is 432. The number of likely N-dealkylation sites (N-methyl/N-ethyl adjacent to an activating group) is 1. The molecular weight excluding hydrogens is 274 g/mol. The van der Waals surface area contributed by atoms with Gasteiger partial charge in [-0.05, 0) is 29.9 Å². The number of aliphatic hydroxyl groups is 1. The van der Waals surface area contributed by atoms with E-state index in [4.69, 9.17) is 4.74 Å². The molecule has 1 amide bonds. The molecule has 0 unspecified atom stereocenters. The Morgan fingerprint density at radius 1 is 1.35 bits per heavy atom. The van der Waals surface area contributed by atoms with Gasteiger partial charge in [-0.2, -0.15) is 11.8 Å². The molecule has 0 aromatic heterocycles. The Hall–Kier alpha value is -1.20. The Balaban J connectivity index is 1.93. The number of carbonyl (C=O) groups excluding carboxylic acids is 1. The van der Waals surface area contributed by atoms with Crippen molar-refractivity contribution in [2.24, 2.45) is 0 Å². The molecule has 1 saturated heterocycles. The topological polar surface area (TPSA) is 49.8 Å². The van der Waals surface area contributed by atoms with E-state index in [1.807, 2.05) is 42.1 Å². The lowest BCUT2D eigenvalue weighted by Crippen LogP contribution is -2.54. The van der Waals surface area contributed by atoms with Gasteiger partial charge >= 0.3 is 6.09 Å². The van der Waals surface area contributed by atoms with Crippen LogP contribution in [0.15, 0.2) is 30.3 Å². The fourth-order valence-electron chi connectivity index (χ4n) is 2.36. The molecule has 1 aromatic carbocycles. The lowest BCUT2D eigenvalue weighted by atomic mass is 9.92. The van der Waals surface area contributed by atoms with Crippen LogP contribution in [0.4, 0.5) is 4.79 Å². The number of carbonyl (C=O) groups is 1. The molecule has 1 N–H and O–H groups in total. The van der Waals surface area contributed by atoms with E-state index in [0.717, 1.165) is 29.9 Å². The van der Waals surface area contributed by atoms with Crippen molar-refractivity contribution in [1.29, 1.82) is 0 Å². The largest absolute Gasteiger partial charge is 0.445 e. The second-order valence-electron chi connectivity index (χ2n) is 5.09. The third-order valence-electron chi connectivity index (χ3n) is 3.91. The number of benzene rings is 1. The van der Waals surface area contributed by atoms with Gasteiger partial charge in [-0.3, -0.25) is 0 Å². The van der Waals surface area contributed by atoms with Gasteiger partial charge in [0, 0.05) is 7.05 Å². The molecule has 1 fully saturated rings. The van der Waals surface area contributed by atoms with Crippen LogP contribution >= 0.6 is 11.8 Å². The summed E-state index contributed by atoms with van der Waals surface area (Å²) in [6, 6.07) is 9.61. The van der Waals surface area contributed by atoms with Crippen LogP contribution in [0.25, 0.3) is 0 Å². The van der Waals surface area contributed by atoms with E-state index in [9.17, 15) is 9.90 Å². The van der Waals surface area contributed by atoms with Gasteiger partial charge in [0.15, 0.2) is 0 Å². The van der Waals surface area contributed by atoms with Gasteiger partial charge in [0.1, 0.15) is 6.61 Å². The zero-order valence-electron chi connectivity index (χ0n) is 11.7. The molecule has 20 heavy (non-hydrogen) atoms. The summed E-state index contributed by atoms with van der Waals surface area (Å²) in [5.74, 6) is 1.94. The van der Waals surface area contributed by atoms with Crippen LogP contribution in [-0.4, -0.2) is 46.8 Å². The summed E-state index contributed by atoms with van der Waals surface area (Å²) in [6.45, 7) is 0.255. The maximum atomic E-state index is 12.2. The number of hydrogen-bond donors (Lipinski definition) is 1. The molecule has 0 saturated carbocycles. The number of rotatable bonds is 4. The average molecular weight is 295 g/mol. The molecule has 0 radical (unpaired) electrons. The number of hydrogen-bond acceptors (Lipinski definition) is 4. The summed E-state index contributed by atoms with van der Waals surface area (Å²) < 4.78 is 5.34. The Morgan fingerprint density at radius 3 is 2.60 bits per heavy atom. The van der Waals surface area contributed by atoms with Crippen molar-refractivity contribution in [3.8, 4) is 0 Å². The molecule has 1 heterocycles. The van der Waals surface area contributed by atoms with Crippen LogP contribution < -0.4 is 0 Å². The van der Waals surface area contributed by atoms with Crippen LogP contribution in [-0.2, 0) is 11.3 Å². The number of ether oxygens (including phenoxy) is 1. The number of amides is 1. The number of thioether (sulfide) groups is 1. The van der Waals surface area contributed by atoms with Crippen LogP contribution in [0.3, 0.4) is 0 Å². The summed E-state index contributed by atoms with van der Waals surface area (Å²) in [5.41, 5.74) is 0.505. The van der Waals surface area contributed by atoms with Crippen LogP contribution in [0.1, 0.15) is 18.4 Å². The molecule has 4 nitrogen and oxygen atoms in total. The summed E-state index contributed by atoms with van der Waals surface area (Å²) in [6.07, 6.45) is 1.26. The zero-order valence-corrected chi connectivity index (χ0v) is 12.6. The molecule has 0 atom stereocenters. The first-order chi connectivity index (χ1) is 9.68. The minimum Gasteiger partial charge on any atom is -0.445 e. The van der Waals surface area contributed by atoms with Gasteiger partial charge in [-0.25, -0.2) is 4.79 Å². The van der Waals surface area contributed by atoms with E-state index in [2.05, 4.69) is 0 Å². The predicted molar refractivity (Wildman–Crippen MR) is 80.8 cm³/mol. The highest BCUT2D eigenvalue weighted by Crippen LogP contribution is 2.31. The van der Waals surface area contributed by atoms with Gasteiger partial charge in [0.05, 0.1) is 12.1 Å². The standard InChI is InChI=1S/C15H21NO3S/c1-16(15(12-17)7-9-20-10-8-15)14(18)19-11-13-5-3-2-4-6-13/h2-6,17H,7-12H2,1H3. The fraction of sp³-hybridized carbons (Fsp3) is 0.533. The Labute approximate surface area is 124 Å². The summed E-state index contributed by atoms with van der Waals surface area (Å²) in [4.78, 5) is 13.7. The van der Waals surface area contributed by atoms with E-state index in [1.54, 1.807) is 11.9 Å². The smallest absolute Gasteiger partial charge is 0.410 e. The Morgan fingerprint density at radius 2 is 2.00 bits per heavy atom. The molecule has 0 bridgehead atoms. The normalized spacial score (nSPS) is 17.5. The van der Waals surface area contributed by atoms with Crippen molar-refractivity contribution in [3.63, 3.8) is 0 Å². The third kappa shape index (κ3) is 3.46. The first kappa shape index (κ1) is 15.2. The third-order valence-corrected chi connectivity index (χ3v) is 4.89. The summed E-state index contributed by atoms with van der Waals surface area (Å²) in [7, 11) is 1.72. The molecular formula is C15H21NO3S. The van der Waals surface area contributed by atoms with Crippen molar-refractivity contribution >= 4 is 17.9 Å². The highest BCUT2D eigenvalue weighted by Gasteiger charge is 2.39. The van der Waals surface area contributed by atoms with Crippen LogP contribution in [0.5, 0.6) is 0 Å². The summed E-state index contributed by atoms with van der Waals surface area (Å²) >= 11 is 1.86. The summed E-state index contributed by atoms with van der Waals surface area (Å²) in [5, 5.41) is 9.69. The SMILES string of the molecule is CN(C(=O)OCc1ccccc1)C1(CO)CCSCC1. The molecule has 1 aromatic rings. The van der Waals surface area contributed by atoms with E-state index in [0.29, 0.717) is 0 Å². The van der Waals surface area contributed by atoms with Crippen molar-refractivity contribution in [2.45, 2.75) is 25.0 Å². The molecule has 5 heteroatoms. The molecule has 1 aliphatic rings. The van der Waals surface area contributed by atoms with Gasteiger partial charge in [0.2, 0.25) is 0 Å². The fourth-order valence-corrected chi connectivity index (χ4v) is 3.61. The van der Waals surface area contributed by atoms with Crippen molar-refractivity contribution in [3.05, 3.63) is 35.9 Å². The first-order valence-electron chi connectivity index (χ1n) is 6.81. The second kappa shape index (κ2) is 6.99. The van der Waals surface area contributed by atoms with Crippen molar-refractivity contribution < 1.29 is 14.6 Å². The van der Waals surface area contributed by atoms with Gasteiger partial charge in [0.25, 0.3) is 0 Å². The van der Waals surface area contributed by atoms with Crippen molar-refractivity contribution in [2.75, 3.05) is 25.2 Å². The number of nitrogens with zero attached hydrogens (tertiary/aromatic N) is 1. The number of aliphatic hydroxyl groups excluding tert-OH is 1. The molecule has 0 spiro atoms.